The molecule has 1 aromatic heterocycles. The molecular weight excluding hydrogens is 382 g/mol. The summed E-state index contributed by atoms with van der Waals surface area (Å²) in [6.07, 6.45) is 7.13. The van der Waals surface area contributed by atoms with E-state index in [0.29, 0.717) is 24.5 Å². The van der Waals surface area contributed by atoms with Crippen molar-refractivity contribution in [1.29, 1.82) is 0 Å². The SMILES string of the molecule is CS(=O)(=O)N1CCC[C@@H]1C(=O)Nc1nc(-c2ccc3c(c2)CCCC3)cs1. The molecule has 8 heteroatoms. The Bertz CT molecular complexity index is 968. The van der Waals surface area contributed by atoms with Crippen molar-refractivity contribution >= 4 is 32.4 Å². The molecule has 1 saturated heterocycles. The fourth-order valence-electron chi connectivity index (χ4n) is 3.94. The Labute approximate surface area is 163 Å². The second-order valence-corrected chi connectivity index (χ2v) is 10.0. The number of fused-ring (bicyclic) bond motifs is 1. The lowest BCUT2D eigenvalue weighted by atomic mass is 9.90. The average Bonchev–Trinajstić information content (AvgIpc) is 3.30. The van der Waals surface area contributed by atoms with Crippen LogP contribution >= 0.6 is 11.3 Å². The summed E-state index contributed by atoms with van der Waals surface area (Å²) in [5, 5.41) is 5.24. The summed E-state index contributed by atoms with van der Waals surface area (Å²) in [5.74, 6) is -0.302. The van der Waals surface area contributed by atoms with Gasteiger partial charge < -0.3 is 5.32 Å². The van der Waals surface area contributed by atoms with Crippen LogP contribution in [0.2, 0.25) is 0 Å². The topological polar surface area (TPSA) is 79.4 Å². The number of carbonyl (C=O) groups excluding carboxylic acids is 1. The summed E-state index contributed by atoms with van der Waals surface area (Å²) < 4.78 is 25.0. The maximum absolute atomic E-state index is 12.6. The van der Waals surface area contributed by atoms with E-state index in [1.54, 1.807) is 0 Å². The molecule has 27 heavy (non-hydrogen) atoms. The third-order valence-corrected chi connectivity index (χ3v) is 7.36. The minimum Gasteiger partial charge on any atom is -0.301 e. The summed E-state index contributed by atoms with van der Waals surface area (Å²) in [6, 6.07) is 5.84. The molecule has 1 amide bonds. The molecule has 0 spiro atoms. The minimum absolute atomic E-state index is 0.302. The van der Waals surface area contributed by atoms with E-state index < -0.39 is 16.1 Å². The minimum atomic E-state index is -3.38. The first-order valence-corrected chi connectivity index (χ1v) is 12.0. The van der Waals surface area contributed by atoms with Gasteiger partial charge in [-0.2, -0.15) is 4.31 Å². The quantitative estimate of drug-likeness (QED) is 0.848. The number of sulfonamides is 1. The Morgan fingerprint density at radius 2 is 2.00 bits per heavy atom. The Balaban J connectivity index is 1.49. The van der Waals surface area contributed by atoms with Gasteiger partial charge in [0.1, 0.15) is 6.04 Å². The number of anilines is 1. The van der Waals surface area contributed by atoms with Gasteiger partial charge in [0.25, 0.3) is 0 Å². The lowest BCUT2D eigenvalue weighted by Gasteiger charge is -2.20. The van der Waals surface area contributed by atoms with Gasteiger partial charge in [0.15, 0.2) is 5.13 Å². The molecule has 1 aliphatic heterocycles. The van der Waals surface area contributed by atoms with Crippen molar-refractivity contribution in [2.45, 2.75) is 44.6 Å². The van der Waals surface area contributed by atoms with Gasteiger partial charge in [-0.05, 0) is 55.7 Å². The third kappa shape index (κ3) is 3.93. The molecule has 0 radical (unpaired) electrons. The van der Waals surface area contributed by atoms with E-state index in [4.69, 9.17) is 0 Å². The Kier molecular flexibility index (Phi) is 5.05. The van der Waals surface area contributed by atoms with Gasteiger partial charge in [0.2, 0.25) is 15.9 Å². The van der Waals surface area contributed by atoms with E-state index in [-0.39, 0.29) is 5.91 Å². The zero-order valence-electron chi connectivity index (χ0n) is 15.3. The molecule has 2 aliphatic rings. The number of hydrogen-bond donors (Lipinski definition) is 1. The fourth-order valence-corrected chi connectivity index (χ4v) is 5.79. The van der Waals surface area contributed by atoms with Crippen molar-refractivity contribution in [1.82, 2.24) is 9.29 Å². The van der Waals surface area contributed by atoms with Gasteiger partial charge in [-0.25, -0.2) is 13.4 Å². The molecule has 1 atom stereocenters. The number of rotatable bonds is 4. The van der Waals surface area contributed by atoms with Crippen molar-refractivity contribution in [3.05, 3.63) is 34.7 Å². The zero-order chi connectivity index (χ0) is 19.0. The van der Waals surface area contributed by atoms with Crippen LogP contribution in [-0.4, -0.2) is 42.5 Å². The molecule has 0 bridgehead atoms. The predicted molar refractivity (Wildman–Crippen MR) is 107 cm³/mol. The number of benzene rings is 1. The van der Waals surface area contributed by atoms with Crippen molar-refractivity contribution in [2.75, 3.05) is 18.1 Å². The van der Waals surface area contributed by atoms with E-state index in [1.807, 2.05) is 5.38 Å². The number of nitrogens with one attached hydrogen (secondary N) is 1. The van der Waals surface area contributed by atoms with Gasteiger partial charge in [-0.1, -0.05) is 12.1 Å². The van der Waals surface area contributed by atoms with Crippen LogP contribution in [0.4, 0.5) is 5.13 Å². The lowest BCUT2D eigenvalue weighted by Crippen LogP contribution is -2.42. The van der Waals surface area contributed by atoms with E-state index in [0.717, 1.165) is 30.4 Å². The van der Waals surface area contributed by atoms with Crippen LogP contribution in [0.3, 0.4) is 0 Å². The fraction of sp³-hybridized carbons (Fsp3) is 0.474. The number of aryl methyl sites for hydroxylation is 2. The molecule has 1 N–H and O–H groups in total. The summed E-state index contributed by atoms with van der Waals surface area (Å²) in [6.45, 7) is 0.398. The lowest BCUT2D eigenvalue weighted by molar-refractivity contribution is -0.119. The largest absolute Gasteiger partial charge is 0.301 e. The zero-order valence-corrected chi connectivity index (χ0v) is 16.9. The highest BCUT2D eigenvalue weighted by Gasteiger charge is 2.36. The van der Waals surface area contributed by atoms with E-state index in [9.17, 15) is 13.2 Å². The normalized spacial score (nSPS) is 20.4. The highest BCUT2D eigenvalue weighted by molar-refractivity contribution is 7.88. The van der Waals surface area contributed by atoms with Gasteiger partial charge in [0.05, 0.1) is 11.9 Å². The molecule has 0 saturated carbocycles. The van der Waals surface area contributed by atoms with Crippen LogP contribution in [0, 0.1) is 0 Å². The maximum atomic E-state index is 12.6. The van der Waals surface area contributed by atoms with Gasteiger partial charge >= 0.3 is 0 Å². The molecule has 2 heterocycles. The monoisotopic (exact) mass is 405 g/mol. The van der Waals surface area contributed by atoms with E-state index in [2.05, 4.69) is 28.5 Å². The molecule has 1 aromatic carbocycles. The number of nitrogens with zero attached hydrogens (tertiary/aromatic N) is 2. The van der Waals surface area contributed by atoms with Crippen LogP contribution in [0.25, 0.3) is 11.3 Å². The number of amides is 1. The molecule has 0 unspecified atom stereocenters. The number of carbonyl (C=O) groups is 1. The number of thiazole rings is 1. The molecule has 4 rings (SSSR count). The summed E-state index contributed by atoms with van der Waals surface area (Å²) in [5.41, 5.74) is 4.73. The third-order valence-electron chi connectivity index (χ3n) is 5.31. The Morgan fingerprint density at radius 1 is 1.22 bits per heavy atom. The van der Waals surface area contributed by atoms with Gasteiger partial charge in [-0.3, -0.25) is 4.79 Å². The van der Waals surface area contributed by atoms with Crippen molar-refractivity contribution < 1.29 is 13.2 Å². The van der Waals surface area contributed by atoms with Crippen LogP contribution in [0.1, 0.15) is 36.8 Å². The predicted octanol–water partition coefficient (Wildman–Crippen LogP) is 3.05. The highest BCUT2D eigenvalue weighted by Crippen LogP contribution is 2.30. The first-order valence-electron chi connectivity index (χ1n) is 9.27. The van der Waals surface area contributed by atoms with Crippen molar-refractivity contribution in [3.8, 4) is 11.3 Å². The van der Waals surface area contributed by atoms with Crippen LogP contribution in [-0.2, 0) is 27.7 Å². The van der Waals surface area contributed by atoms with E-state index >= 15 is 0 Å². The number of hydrogen-bond acceptors (Lipinski definition) is 5. The van der Waals surface area contributed by atoms with E-state index in [1.165, 1.54) is 39.6 Å². The molecule has 1 aliphatic carbocycles. The van der Waals surface area contributed by atoms with Gasteiger partial charge in [-0.15, -0.1) is 11.3 Å². The molecular formula is C19H23N3O3S2. The molecule has 1 fully saturated rings. The molecule has 2 aromatic rings. The number of aromatic nitrogens is 1. The smallest absolute Gasteiger partial charge is 0.244 e. The van der Waals surface area contributed by atoms with Gasteiger partial charge in [0, 0.05) is 17.5 Å². The summed E-state index contributed by atoms with van der Waals surface area (Å²) in [7, 11) is -3.38. The van der Waals surface area contributed by atoms with Crippen molar-refractivity contribution in [2.24, 2.45) is 0 Å². The van der Waals surface area contributed by atoms with Crippen LogP contribution in [0.15, 0.2) is 23.6 Å². The second-order valence-electron chi connectivity index (χ2n) is 7.25. The summed E-state index contributed by atoms with van der Waals surface area (Å²) in [4.78, 5) is 17.1. The first-order chi connectivity index (χ1) is 12.9. The van der Waals surface area contributed by atoms with Crippen LogP contribution < -0.4 is 5.32 Å². The Morgan fingerprint density at radius 3 is 2.78 bits per heavy atom. The summed E-state index contributed by atoms with van der Waals surface area (Å²) >= 11 is 1.37. The van der Waals surface area contributed by atoms with Crippen molar-refractivity contribution in [3.63, 3.8) is 0 Å². The molecule has 144 valence electrons. The van der Waals surface area contributed by atoms with Crippen LogP contribution in [0.5, 0.6) is 0 Å². The average molecular weight is 406 g/mol. The molecule has 6 nitrogen and oxygen atoms in total. The highest BCUT2D eigenvalue weighted by atomic mass is 32.2. The Hall–Kier alpha value is -1.77. The first kappa shape index (κ1) is 18.6. The second kappa shape index (κ2) is 7.33. The standard InChI is InChI=1S/C19H23N3O3S2/c1-27(24,25)22-10-4-7-17(22)18(23)21-19-20-16(12-26-19)15-9-8-13-5-2-3-6-14(13)11-15/h8-9,11-12,17H,2-7,10H2,1H3,(H,20,21,23)/t17-/m1/s1. The maximum Gasteiger partial charge on any atom is 0.244 e.